The fourth-order valence-electron chi connectivity index (χ4n) is 2.62. The number of hydrogen-bond donors (Lipinski definition) is 1. The van der Waals surface area contributed by atoms with Crippen LogP contribution in [0.3, 0.4) is 0 Å². The van der Waals surface area contributed by atoms with Gasteiger partial charge in [-0.25, -0.2) is 0 Å². The molecular formula is C20H24N4O. The van der Waals surface area contributed by atoms with Gasteiger partial charge in [0.1, 0.15) is 12.4 Å². The van der Waals surface area contributed by atoms with Gasteiger partial charge in [-0.15, -0.1) is 0 Å². The Morgan fingerprint density at radius 2 is 1.84 bits per heavy atom. The van der Waals surface area contributed by atoms with Crippen LogP contribution >= 0.6 is 0 Å². The molecule has 0 saturated carbocycles. The predicted molar refractivity (Wildman–Crippen MR) is 98.3 cm³/mol. The van der Waals surface area contributed by atoms with Crippen molar-refractivity contribution in [1.29, 1.82) is 0 Å². The number of rotatable bonds is 8. The van der Waals surface area contributed by atoms with Crippen LogP contribution in [-0.4, -0.2) is 20.8 Å². The summed E-state index contributed by atoms with van der Waals surface area (Å²) in [5, 5.41) is 7.89. The first-order chi connectivity index (χ1) is 12.2. The van der Waals surface area contributed by atoms with Crippen molar-refractivity contribution in [2.24, 2.45) is 0 Å². The van der Waals surface area contributed by atoms with Crippen molar-refractivity contribution in [1.82, 2.24) is 20.1 Å². The molecule has 5 nitrogen and oxygen atoms in total. The summed E-state index contributed by atoms with van der Waals surface area (Å²) in [7, 11) is 0. The first-order valence-electron chi connectivity index (χ1n) is 8.56. The molecule has 0 saturated heterocycles. The minimum atomic E-state index is 0.278. The van der Waals surface area contributed by atoms with Crippen molar-refractivity contribution in [3.63, 3.8) is 0 Å². The second kappa shape index (κ2) is 8.44. The molecule has 130 valence electrons. The van der Waals surface area contributed by atoms with Crippen LogP contribution in [0.5, 0.6) is 5.75 Å². The van der Waals surface area contributed by atoms with Gasteiger partial charge in [0.15, 0.2) is 0 Å². The van der Waals surface area contributed by atoms with Gasteiger partial charge >= 0.3 is 0 Å². The van der Waals surface area contributed by atoms with Crippen LogP contribution in [0.15, 0.2) is 67.3 Å². The topological polar surface area (TPSA) is 52.0 Å². The number of ether oxygens (including phenoxy) is 1. The molecule has 0 spiro atoms. The quantitative estimate of drug-likeness (QED) is 0.683. The van der Waals surface area contributed by atoms with E-state index < -0.39 is 0 Å². The molecule has 25 heavy (non-hydrogen) atoms. The Kier molecular flexibility index (Phi) is 5.80. The van der Waals surface area contributed by atoms with E-state index >= 15 is 0 Å². The molecule has 3 rings (SSSR count). The highest BCUT2D eigenvalue weighted by molar-refractivity contribution is 5.33. The first-order valence-corrected chi connectivity index (χ1v) is 8.56. The lowest BCUT2D eigenvalue weighted by atomic mass is 10.1. The van der Waals surface area contributed by atoms with Gasteiger partial charge in [-0.2, -0.15) is 5.10 Å². The summed E-state index contributed by atoms with van der Waals surface area (Å²) in [5.74, 6) is 0.908. The normalized spacial score (nSPS) is 13.4. The number of benzene rings is 1. The van der Waals surface area contributed by atoms with Crippen LogP contribution in [-0.2, 0) is 13.2 Å². The summed E-state index contributed by atoms with van der Waals surface area (Å²) >= 11 is 0. The molecule has 2 aromatic heterocycles. The van der Waals surface area contributed by atoms with Crippen LogP contribution in [0.1, 0.15) is 31.0 Å². The number of aromatic nitrogens is 3. The molecule has 0 aliphatic heterocycles. The van der Waals surface area contributed by atoms with Gasteiger partial charge in [0.05, 0.1) is 6.04 Å². The van der Waals surface area contributed by atoms with Crippen LogP contribution in [0.2, 0.25) is 0 Å². The highest BCUT2D eigenvalue weighted by Crippen LogP contribution is 2.20. The summed E-state index contributed by atoms with van der Waals surface area (Å²) in [6.07, 6.45) is 7.37. The van der Waals surface area contributed by atoms with Gasteiger partial charge in [0.25, 0.3) is 0 Å². The van der Waals surface area contributed by atoms with Crippen LogP contribution in [0.4, 0.5) is 0 Å². The number of para-hydroxylation sites is 1. The van der Waals surface area contributed by atoms with E-state index in [0.717, 1.165) is 23.4 Å². The maximum Gasteiger partial charge on any atom is 0.124 e. The number of nitrogens with zero attached hydrogens (tertiary/aromatic N) is 3. The summed E-state index contributed by atoms with van der Waals surface area (Å²) in [5.41, 5.74) is 2.26. The lowest BCUT2D eigenvalue weighted by Crippen LogP contribution is -2.33. The SMILES string of the molecule is C[C@H](NCc1ccccc1OCc1ccncc1)[C@H](C)n1cccn1. The summed E-state index contributed by atoms with van der Waals surface area (Å²) in [6.45, 7) is 5.63. The van der Waals surface area contributed by atoms with Gasteiger partial charge in [-0.3, -0.25) is 9.67 Å². The predicted octanol–water partition coefficient (Wildman–Crippen LogP) is 3.60. The van der Waals surface area contributed by atoms with Crippen molar-refractivity contribution < 1.29 is 4.74 Å². The van der Waals surface area contributed by atoms with Gasteiger partial charge < -0.3 is 10.1 Å². The highest BCUT2D eigenvalue weighted by Gasteiger charge is 2.14. The zero-order chi connectivity index (χ0) is 17.5. The minimum absolute atomic E-state index is 0.278. The minimum Gasteiger partial charge on any atom is -0.489 e. The van der Waals surface area contributed by atoms with E-state index in [-0.39, 0.29) is 12.1 Å². The highest BCUT2D eigenvalue weighted by atomic mass is 16.5. The maximum absolute atomic E-state index is 6.00. The first kappa shape index (κ1) is 17.2. The third kappa shape index (κ3) is 4.67. The van der Waals surface area contributed by atoms with Crippen molar-refractivity contribution >= 4 is 0 Å². The molecule has 1 N–H and O–H groups in total. The Morgan fingerprint density at radius 1 is 1.04 bits per heavy atom. The van der Waals surface area contributed by atoms with E-state index in [9.17, 15) is 0 Å². The van der Waals surface area contributed by atoms with Crippen molar-refractivity contribution in [3.8, 4) is 5.75 Å². The molecule has 1 aromatic carbocycles. The van der Waals surface area contributed by atoms with Gasteiger partial charge in [-0.05, 0) is 43.7 Å². The largest absolute Gasteiger partial charge is 0.489 e. The molecule has 0 fully saturated rings. The Labute approximate surface area is 148 Å². The fraction of sp³-hybridized carbons (Fsp3) is 0.300. The average Bonchev–Trinajstić information content (AvgIpc) is 3.20. The number of pyridine rings is 1. The monoisotopic (exact) mass is 336 g/mol. The zero-order valence-electron chi connectivity index (χ0n) is 14.7. The van der Waals surface area contributed by atoms with Crippen molar-refractivity contribution in [2.75, 3.05) is 0 Å². The standard InChI is InChI=1S/C20H24N4O/c1-16(17(2)24-13-5-10-23-24)22-14-19-6-3-4-7-20(19)25-15-18-8-11-21-12-9-18/h3-13,16-17,22H,14-15H2,1-2H3/t16-,17-/m0/s1. The average molecular weight is 336 g/mol. The molecule has 0 unspecified atom stereocenters. The van der Waals surface area contributed by atoms with Crippen LogP contribution in [0.25, 0.3) is 0 Å². The van der Waals surface area contributed by atoms with Crippen molar-refractivity contribution in [3.05, 3.63) is 78.4 Å². The lowest BCUT2D eigenvalue weighted by Gasteiger charge is -2.22. The van der Waals surface area contributed by atoms with E-state index in [4.69, 9.17) is 4.74 Å². The summed E-state index contributed by atoms with van der Waals surface area (Å²) in [4.78, 5) is 4.03. The fourth-order valence-corrected chi connectivity index (χ4v) is 2.62. The van der Waals surface area contributed by atoms with E-state index in [0.29, 0.717) is 6.61 Å². The molecule has 2 atom stereocenters. The molecule has 0 radical (unpaired) electrons. The van der Waals surface area contributed by atoms with Gasteiger partial charge in [0, 0.05) is 42.9 Å². The Hall–Kier alpha value is -2.66. The van der Waals surface area contributed by atoms with E-state index in [1.54, 1.807) is 12.4 Å². The molecule has 5 heteroatoms. The smallest absolute Gasteiger partial charge is 0.124 e. The maximum atomic E-state index is 6.00. The number of hydrogen-bond acceptors (Lipinski definition) is 4. The molecule has 0 amide bonds. The lowest BCUT2D eigenvalue weighted by molar-refractivity contribution is 0.299. The van der Waals surface area contributed by atoms with E-state index in [2.05, 4.69) is 35.3 Å². The Morgan fingerprint density at radius 3 is 2.60 bits per heavy atom. The van der Waals surface area contributed by atoms with Crippen LogP contribution < -0.4 is 10.1 Å². The molecule has 0 aliphatic rings. The van der Waals surface area contributed by atoms with Crippen molar-refractivity contribution in [2.45, 2.75) is 39.1 Å². The van der Waals surface area contributed by atoms with E-state index in [1.807, 2.05) is 53.5 Å². The Balaban J connectivity index is 1.59. The molecule has 0 aliphatic carbocycles. The Bertz CT molecular complexity index is 758. The third-order valence-corrected chi connectivity index (χ3v) is 4.40. The number of nitrogens with one attached hydrogen (secondary N) is 1. The summed E-state index contributed by atoms with van der Waals surface area (Å²) in [6, 6.07) is 14.6. The third-order valence-electron chi connectivity index (χ3n) is 4.40. The van der Waals surface area contributed by atoms with Crippen LogP contribution in [0, 0.1) is 0 Å². The second-order valence-corrected chi connectivity index (χ2v) is 6.15. The van der Waals surface area contributed by atoms with Gasteiger partial charge in [0.2, 0.25) is 0 Å². The molecule has 2 heterocycles. The zero-order valence-corrected chi connectivity index (χ0v) is 14.7. The summed E-state index contributed by atoms with van der Waals surface area (Å²) < 4.78 is 7.98. The molecule has 3 aromatic rings. The second-order valence-electron chi connectivity index (χ2n) is 6.15. The molecule has 0 bridgehead atoms. The molecular weight excluding hydrogens is 312 g/mol. The van der Waals surface area contributed by atoms with Gasteiger partial charge in [-0.1, -0.05) is 18.2 Å². The van der Waals surface area contributed by atoms with E-state index in [1.165, 1.54) is 0 Å².